The van der Waals surface area contributed by atoms with Crippen molar-refractivity contribution in [3.8, 4) is 0 Å². The molecule has 0 radical (unpaired) electrons. The maximum Gasteiger partial charge on any atom is 0.416 e. The molecule has 0 bridgehead atoms. The molecule has 0 aliphatic heterocycles. The molecule has 0 aliphatic carbocycles. The van der Waals surface area contributed by atoms with E-state index in [1.165, 1.54) is 30.1 Å². The van der Waals surface area contributed by atoms with Gasteiger partial charge in [0.15, 0.2) is 5.16 Å². The fourth-order valence-electron chi connectivity index (χ4n) is 2.01. The number of rotatable bonds is 7. The van der Waals surface area contributed by atoms with Gasteiger partial charge in [-0.15, -0.1) is 0 Å². The largest absolute Gasteiger partial charge is 0.462 e. The molecule has 0 aliphatic rings. The lowest BCUT2D eigenvalue weighted by Crippen LogP contribution is -2.16. The first-order chi connectivity index (χ1) is 13.2. The van der Waals surface area contributed by atoms with Gasteiger partial charge < -0.3 is 10.1 Å². The Kier molecular flexibility index (Phi) is 7.69. The standard InChI is InChI=1S/C17H16F3N3O3S2/c1-3-26-15(25)12-8-21-16(27-2)23-14(12)28-9-13(24)22-11-6-4-5-10(7-11)17(18,19)20/h4-8H,3,9H2,1-2H3,(H,22,24). The summed E-state index contributed by atoms with van der Waals surface area (Å²) in [4.78, 5) is 32.4. The van der Waals surface area contributed by atoms with Crippen LogP contribution in [0, 0.1) is 0 Å². The third-order valence-corrected chi connectivity index (χ3v) is 4.78. The van der Waals surface area contributed by atoms with Crippen LogP contribution < -0.4 is 5.32 Å². The number of nitrogens with zero attached hydrogens (tertiary/aromatic N) is 2. The quantitative estimate of drug-likeness (QED) is 0.306. The maximum absolute atomic E-state index is 12.8. The second-order valence-electron chi connectivity index (χ2n) is 5.21. The summed E-state index contributed by atoms with van der Waals surface area (Å²) in [6.07, 6.45) is -1.42. The Morgan fingerprint density at radius 3 is 2.68 bits per heavy atom. The Labute approximate surface area is 167 Å². The van der Waals surface area contributed by atoms with Crippen LogP contribution in [0.3, 0.4) is 0 Å². The van der Waals surface area contributed by atoms with Crippen molar-refractivity contribution in [3.05, 3.63) is 41.6 Å². The van der Waals surface area contributed by atoms with Crippen LogP contribution in [0.25, 0.3) is 0 Å². The maximum atomic E-state index is 12.8. The Balaban J connectivity index is 2.09. The highest BCUT2D eigenvalue weighted by molar-refractivity contribution is 8.00. The average molecular weight is 431 g/mol. The zero-order valence-corrected chi connectivity index (χ0v) is 16.5. The Hall–Kier alpha value is -2.27. The average Bonchev–Trinajstić information content (AvgIpc) is 2.66. The topological polar surface area (TPSA) is 81.2 Å². The lowest BCUT2D eigenvalue weighted by molar-refractivity contribution is -0.137. The van der Waals surface area contributed by atoms with Crippen LogP contribution in [-0.4, -0.2) is 40.5 Å². The van der Waals surface area contributed by atoms with Crippen molar-refractivity contribution in [1.82, 2.24) is 9.97 Å². The Bertz CT molecular complexity index is 863. The SMILES string of the molecule is CCOC(=O)c1cnc(SC)nc1SCC(=O)Nc1cccc(C(F)(F)F)c1. The van der Waals surface area contributed by atoms with Crippen LogP contribution in [0.5, 0.6) is 0 Å². The highest BCUT2D eigenvalue weighted by atomic mass is 32.2. The number of carbonyl (C=O) groups excluding carboxylic acids is 2. The van der Waals surface area contributed by atoms with E-state index in [9.17, 15) is 22.8 Å². The zero-order chi connectivity index (χ0) is 20.7. The summed E-state index contributed by atoms with van der Waals surface area (Å²) in [5.41, 5.74) is -0.710. The summed E-state index contributed by atoms with van der Waals surface area (Å²) in [6.45, 7) is 1.83. The number of nitrogens with one attached hydrogen (secondary N) is 1. The monoisotopic (exact) mass is 431 g/mol. The van der Waals surface area contributed by atoms with Gasteiger partial charge in [0.1, 0.15) is 10.6 Å². The fourth-order valence-corrected chi connectivity index (χ4v) is 3.19. The summed E-state index contributed by atoms with van der Waals surface area (Å²) in [5, 5.41) is 3.07. The number of esters is 1. The summed E-state index contributed by atoms with van der Waals surface area (Å²) in [6, 6.07) is 4.34. The van der Waals surface area contributed by atoms with Crippen LogP contribution in [0.15, 0.2) is 40.6 Å². The summed E-state index contributed by atoms with van der Waals surface area (Å²) in [7, 11) is 0. The number of alkyl halides is 3. The lowest BCUT2D eigenvalue weighted by Gasteiger charge is -2.11. The van der Waals surface area contributed by atoms with Crippen molar-refractivity contribution in [2.24, 2.45) is 0 Å². The molecular formula is C17H16F3N3O3S2. The van der Waals surface area contributed by atoms with Gasteiger partial charge in [0, 0.05) is 11.9 Å². The third-order valence-electron chi connectivity index (χ3n) is 3.22. The second-order valence-corrected chi connectivity index (χ2v) is 6.95. The minimum absolute atomic E-state index is 0.0264. The van der Waals surface area contributed by atoms with Gasteiger partial charge in [-0.1, -0.05) is 29.6 Å². The highest BCUT2D eigenvalue weighted by Crippen LogP contribution is 2.31. The minimum atomic E-state index is -4.50. The van der Waals surface area contributed by atoms with Gasteiger partial charge in [-0.3, -0.25) is 4.79 Å². The molecule has 1 amide bonds. The molecule has 0 saturated carbocycles. The van der Waals surface area contributed by atoms with Crippen LogP contribution in [0.4, 0.5) is 18.9 Å². The van der Waals surface area contributed by atoms with E-state index in [2.05, 4.69) is 15.3 Å². The van der Waals surface area contributed by atoms with E-state index in [0.717, 1.165) is 23.9 Å². The Morgan fingerprint density at radius 2 is 2.04 bits per heavy atom. The van der Waals surface area contributed by atoms with Crippen molar-refractivity contribution in [2.75, 3.05) is 23.9 Å². The molecule has 0 atom stereocenters. The number of hydrogen-bond donors (Lipinski definition) is 1. The van der Waals surface area contributed by atoms with Gasteiger partial charge in [-0.2, -0.15) is 13.2 Å². The minimum Gasteiger partial charge on any atom is -0.462 e. The number of aromatic nitrogens is 2. The van der Waals surface area contributed by atoms with E-state index < -0.39 is 23.6 Å². The Morgan fingerprint density at radius 1 is 1.29 bits per heavy atom. The van der Waals surface area contributed by atoms with Gasteiger partial charge in [0.05, 0.1) is 17.9 Å². The summed E-state index contributed by atoms with van der Waals surface area (Å²) >= 11 is 2.23. The zero-order valence-electron chi connectivity index (χ0n) is 14.9. The molecular weight excluding hydrogens is 415 g/mol. The number of hydrogen-bond acceptors (Lipinski definition) is 7. The molecule has 6 nitrogen and oxygen atoms in total. The van der Waals surface area contributed by atoms with Crippen molar-refractivity contribution in [2.45, 2.75) is 23.3 Å². The number of carbonyl (C=O) groups is 2. The lowest BCUT2D eigenvalue weighted by atomic mass is 10.2. The number of halogens is 3. The first-order valence-corrected chi connectivity index (χ1v) is 10.1. The summed E-state index contributed by atoms with van der Waals surface area (Å²) in [5.74, 6) is -1.31. The highest BCUT2D eigenvalue weighted by Gasteiger charge is 2.30. The molecule has 2 aromatic rings. The van der Waals surface area contributed by atoms with E-state index in [1.807, 2.05) is 0 Å². The van der Waals surface area contributed by atoms with Crippen LogP contribution >= 0.6 is 23.5 Å². The molecule has 11 heteroatoms. The molecule has 0 saturated heterocycles. The molecule has 1 aromatic carbocycles. The second kappa shape index (κ2) is 9.78. The normalized spacial score (nSPS) is 11.2. The van der Waals surface area contributed by atoms with Gasteiger partial charge in [-0.05, 0) is 31.4 Å². The predicted octanol–water partition coefficient (Wildman–Crippen LogP) is 4.12. The van der Waals surface area contributed by atoms with E-state index in [1.54, 1.807) is 13.2 Å². The first kappa shape index (κ1) is 22.0. The molecule has 0 unspecified atom stereocenters. The third kappa shape index (κ3) is 6.13. The molecule has 0 fully saturated rings. The predicted molar refractivity (Wildman–Crippen MR) is 101 cm³/mol. The van der Waals surface area contributed by atoms with Crippen molar-refractivity contribution < 1.29 is 27.5 Å². The summed E-state index contributed by atoms with van der Waals surface area (Å²) < 4.78 is 43.2. The molecule has 2 rings (SSSR count). The van der Waals surface area contributed by atoms with Gasteiger partial charge >= 0.3 is 12.1 Å². The van der Waals surface area contributed by atoms with E-state index in [-0.39, 0.29) is 28.6 Å². The molecule has 1 heterocycles. The van der Waals surface area contributed by atoms with Gasteiger partial charge in [0.2, 0.25) is 5.91 Å². The van der Waals surface area contributed by atoms with E-state index in [0.29, 0.717) is 5.16 Å². The van der Waals surface area contributed by atoms with Crippen molar-refractivity contribution >= 4 is 41.1 Å². The fraction of sp³-hybridized carbons (Fsp3) is 0.294. The van der Waals surface area contributed by atoms with Crippen LogP contribution in [0.1, 0.15) is 22.8 Å². The number of thioether (sulfide) groups is 2. The van der Waals surface area contributed by atoms with E-state index >= 15 is 0 Å². The van der Waals surface area contributed by atoms with Crippen molar-refractivity contribution in [3.63, 3.8) is 0 Å². The van der Waals surface area contributed by atoms with Crippen LogP contribution in [0.2, 0.25) is 0 Å². The number of benzene rings is 1. The van der Waals surface area contributed by atoms with Gasteiger partial charge in [-0.25, -0.2) is 14.8 Å². The van der Waals surface area contributed by atoms with Gasteiger partial charge in [0.25, 0.3) is 0 Å². The smallest absolute Gasteiger partial charge is 0.416 e. The molecule has 150 valence electrons. The molecule has 0 spiro atoms. The van der Waals surface area contributed by atoms with Crippen LogP contribution in [-0.2, 0) is 15.7 Å². The first-order valence-electron chi connectivity index (χ1n) is 7.92. The molecule has 1 aromatic heterocycles. The number of anilines is 1. The van der Waals surface area contributed by atoms with E-state index in [4.69, 9.17) is 4.74 Å². The number of ether oxygens (including phenoxy) is 1. The van der Waals surface area contributed by atoms with Crippen molar-refractivity contribution in [1.29, 1.82) is 0 Å². The molecule has 28 heavy (non-hydrogen) atoms. The number of amides is 1. The molecule has 1 N–H and O–H groups in total.